The number of anilines is 2. The fraction of sp³-hybridized carbons (Fsp3) is 0.156. The number of amides is 2. The lowest BCUT2D eigenvalue weighted by Gasteiger charge is -2.12. The van der Waals surface area contributed by atoms with E-state index in [0.29, 0.717) is 46.2 Å². The molecule has 0 saturated heterocycles. The van der Waals surface area contributed by atoms with Crippen LogP contribution in [0.4, 0.5) is 11.5 Å². The second-order valence-electron chi connectivity index (χ2n) is 10.3. The average molecular weight is 601 g/mol. The minimum atomic E-state index is -0.425. The van der Waals surface area contributed by atoms with E-state index in [-0.39, 0.29) is 23.1 Å². The van der Waals surface area contributed by atoms with E-state index in [9.17, 15) is 14.4 Å². The Morgan fingerprint density at radius 3 is 2.51 bits per heavy atom. The summed E-state index contributed by atoms with van der Waals surface area (Å²) in [7, 11) is 3.29. The van der Waals surface area contributed by atoms with Crippen LogP contribution in [0, 0.1) is 19.3 Å². The number of carbonyl (C=O) groups is 2. The summed E-state index contributed by atoms with van der Waals surface area (Å²) in [6, 6.07) is 15.7. The maximum atomic E-state index is 13.7. The van der Waals surface area contributed by atoms with Crippen LogP contribution in [0.2, 0.25) is 0 Å². The first kappa shape index (κ1) is 28.8. The fourth-order valence-corrected chi connectivity index (χ4v) is 5.19. The Labute approximate surface area is 257 Å². The van der Waals surface area contributed by atoms with E-state index in [0.717, 1.165) is 11.1 Å². The Kier molecular flexibility index (Phi) is 7.31. The van der Waals surface area contributed by atoms with Gasteiger partial charge in [0, 0.05) is 55.2 Å². The van der Waals surface area contributed by atoms with Crippen LogP contribution < -0.4 is 16.3 Å². The van der Waals surface area contributed by atoms with Gasteiger partial charge >= 0.3 is 5.69 Å². The van der Waals surface area contributed by atoms with Gasteiger partial charge in [-0.2, -0.15) is 5.10 Å². The number of terminal acetylenes is 1. The third kappa shape index (κ3) is 5.36. The molecule has 224 valence electrons. The van der Waals surface area contributed by atoms with Crippen LogP contribution in [-0.4, -0.2) is 50.5 Å². The summed E-state index contributed by atoms with van der Waals surface area (Å²) in [5, 5.41) is 14.7. The molecule has 6 aromatic rings. The standard InChI is InChI=1S/C32H28N10O3/c1-6-27-38-40(5)32(45)42(27)23-11-12-24(33-18-23)25-17-21-15-19(3)34-28(29(21)41(25)7-2)31(44)35-22-10-8-9-20(16-22)30(43)36-26-13-14-39(4)37-26/h1,8-18H,7H2,2-5H3,(H,35,44)(H,36,37,43). The SMILES string of the molecule is C#Cc1nn(C)c(=O)n1-c1ccc(-c2cc3cc(C)nc(C(=O)Nc4cccc(C(=O)Nc5ccn(C)n5)c4)c3n2CC)nc1. The Balaban J connectivity index is 1.32. The van der Waals surface area contributed by atoms with Gasteiger partial charge < -0.3 is 15.2 Å². The molecule has 1 aromatic carbocycles. The lowest BCUT2D eigenvalue weighted by atomic mass is 10.1. The summed E-state index contributed by atoms with van der Waals surface area (Å²) < 4.78 is 6.05. The molecular weight excluding hydrogens is 572 g/mol. The van der Waals surface area contributed by atoms with Crippen molar-refractivity contribution in [1.29, 1.82) is 0 Å². The van der Waals surface area contributed by atoms with Gasteiger partial charge in [-0.05, 0) is 62.2 Å². The lowest BCUT2D eigenvalue weighted by molar-refractivity contribution is 0.101. The lowest BCUT2D eigenvalue weighted by Crippen LogP contribution is -2.22. The molecule has 45 heavy (non-hydrogen) atoms. The van der Waals surface area contributed by atoms with Gasteiger partial charge in [0.1, 0.15) is 0 Å². The zero-order valence-corrected chi connectivity index (χ0v) is 24.9. The van der Waals surface area contributed by atoms with Crippen LogP contribution in [0.15, 0.2) is 71.8 Å². The molecule has 0 aliphatic rings. The van der Waals surface area contributed by atoms with Gasteiger partial charge in [-0.15, -0.1) is 11.5 Å². The van der Waals surface area contributed by atoms with Crippen LogP contribution in [-0.2, 0) is 20.6 Å². The smallest absolute Gasteiger partial charge is 0.338 e. The van der Waals surface area contributed by atoms with Gasteiger partial charge in [-0.3, -0.25) is 19.3 Å². The molecule has 0 bridgehead atoms. The van der Waals surface area contributed by atoms with Crippen molar-refractivity contribution >= 4 is 34.2 Å². The minimum absolute atomic E-state index is 0.177. The maximum Gasteiger partial charge on any atom is 0.351 e. The maximum absolute atomic E-state index is 13.7. The highest BCUT2D eigenvalue weighted by molar-refractivity contribution is 6.12. The van der Waals surface area contributed by atoms with Crippen molar-refractivity contribution in [3.63, 3.8) is 0 Å². The first-order valence-electron chi connectivity index (χ1n) is 14.0. The molecule has 0 fully saturated rings. The number of nitrogens with zero attached hydrogens (tertiary/aromatic N) is 8. The van der Waals surface area contributed by atoms with E-state index in [4.69, 9.17) is 6.42 Å². The first-order valence-corrected chi connectivity index (χ1v) is 14.0. The average Bonchev–Trinajstić information content (AvgIpc) is 3.70. The van der Waals surface area contributed by atoms with Gasteiger partial charge in [0.05, 0.1) is 28.8 Å². The fourth-order valence-electron chi connectivity index (χ4n) is 5.19. The molecule has 6 rings (SSSR count). The van der Waals surface area contributed by atoms with Crippen LogP contribution in [0.25, 0.3) is 28.0 Å². The third-order valence-electron chi connectivity index (χ3n) is 7.19. The van der Waals surface area contributed by atoms with Gasteiger partial charge in [0.2, 0.25) is 5.82 Å². The molecule has 0 aliphatic carbocycles. The monoisotopic (exact) mass is 600 g/mol. The van der Waals surface area contributed by atoms with E-state index in [2.05, 4.69) is 36.7 Å². The van der Waals surface area contributed by atoms with Crippen molar-refractivity contribution in [3.8, 4) is 29.4 Å². The summed E-state index contributed by atoms with van der Waals surface area (Å²) in [5.41, 5.74) is 3.84. The Morgan fingerprint density at radius 2 is 1.82 bits per heavy atom. The molecule has 0 aliphatic heterocycles. The molecule has 2 amide bonds. The molecule has 0 radical (unpaired) electrons. The molecular formula is C32H28N10O3. The zero-order chi connectivity index (χ0) is 31.8. The largest absolute Gasteiger partial charge is 0.351 e. The van der Waals surface area contributed by atoms with Crippen molar-refractivity contribution in [2.75, 3.05) is 10.6 Å². The van der Waals surface area contributed by atoms with Crippen molar-refractivity contribution in [1.82, 2.24) is 38.7 Å². The number of hydrogen-bond donors (Lipinski definition) is 2. The number of aryl methyl sites for hydroxylation is 4. The number of pyridine rings is 2. The van der Waals surface area contributed by atoms with Crippen LogP contribution in [0.1, 0.15) is 39.3 Å². The number of nitrogens with one attached hydrogen (secondary N) is 2. The predicted molar refractivity (Wildman–Crippen MR) is 169 cm³/mol. The second kappa shape index (κ2) is 11.4. The highest BCUT2D eigenvalue weighted by Gasteiger charge is 2.21. The summed E-state index contributed by atoms with van der Waals surface area (Å²) in [4.78, 5) is 48.3. The minimum Gasteiger partial charge on any atom is -0.338 e. The van der Waals surface area contributed by atoms with Crippen LogP contribution >= 0.6 is 0 Å². The van der Waals surface area contributed by atoms with E-state index in [1.165, 1.54) is 16.3 Å². The molecule has 0 spiro atoms. The van der Waals surface area contributed by atoms with E-state index < -0.39 is 5.91 Å². The molecule has 13 nitrogen and oxygen atoms in total. The number of fused-ring (bicyclic) bond motifs is 1. The van der Waals surface area contributed by atoms with Gasteiger partial charge in [0.25, 0.3) is 11.8 Å². The van der Waals surface area contributed by atoms with Gasteiger partial charge in [-0.25, -0.2) is 19.0 Å². The molecule has 13 heteroatoms. The summed E-state index contributed by atoms with van der Waals surface area (Å²) >= 11 is 0. The van der Waals surface area contributed by atoms with Gasteiger partial charge in [-0.1, -0.05) is 6.07 Å². The molecule has 5 aromatic heterocycles. The Morgan fingerprint density at radius 1 is 1.00 bits per heavy atom. The molecule has 0 atom stereocenters. The Bertz CT molecular complexity index is 2210. The number of carbonyl (C=O) groups excluding carboxylic acids is 2. The van der Waals surface area contributed by atoms with Crippen molar-refractivity contribution < 1.29 is 9.59 Å². The van der Waals surface area contributed by atoms with Crippen LogP contribution in [0.5, 0.6) is 0 Å². The highest BCUT2D eigenvalue weighted by atomic mass is 16.2. The van der Waals surface area contributed by atoms with Gasteiger partial charge in [0.15, 0.2) is 11.5 Å². The third-order valence-corrected chi connectivity index (χ3v) is 7.19. The highest BCUT2D eigenvalue weighted by Crippen LogP contribution is 2.30. The predicted octanol–water partition coefficient (Wildman–Crippen LogP) is 3.53. The van der Waals surface area contributed by atoms with Crippen LogP contribution in [0.3, 0.4) is 0 Å². The summed E-state index contributed by atoms with van der Waals surface area (Å²) in [6.45, 7) is 4.32. The zero-order valence-electron chi connectivity index (χ0n) is 24.9. The number of aromatic nitrogens is 8. The second-order valence-corrected chi connectivity index (χ2v) is 10.3. The van der Waals surface area contributed by atoms with Crippen molar-refractivity contribution in [2.24, 2.45) is 14.1 Å². The van der Waals surface area contributed by atoms with E-state index >= 15 is 0 Å². The summed E-state index contributed by atoms with van der Waals surface area (Å²) in [6.07, 6.45) is 8.84. The van der Waals surface area contributed by atoms with E-state index in [1.807, 2.05) is 30.5 Å². The first-order chi connectivity index (χ1) is 21.7. The number of rotatable bonds is 7. The molecule has 2 N–H and O–H groups in total. The number of hydrogen-bond acceptors (Lipinski definition) is 7. The normalized spacial score (nSPS) is 11.0. The number of benzene rings is 1. The summed E-state index contributed by atoms with van der Waals surface area (Å²) in [5.74, 6) is 2.25. The van der Waals surface area contributed by atoms with E-state index in [1.54, 1.807) is 66.6 Å². The topological polar surface area (TPSA) is 147 Å². The molecule has 0 saturated carbocycles. The molecule has 0 unspecified atom stereocenters. The molecule has 5 heterocycles. The Hall–Kier alpha value is -6.29. The quantitative estimate of drug-likeness (QED) is 0.267. The van der Waals surface area contributed by atoms with Crippen molar-refractivity contribution in [2.45, 2.75) is 20.4 Å². The van der Waals surface area contributed by atoms with Crippen molar-refractivity contribution in [3.05, 3.63) is 100 Å².